The molecule has 0 bridgehead atoms. The van der Waals surface area contributed by atoms with Crippen molar-refractivity contribution in [2.24, 2.45) is 5.92 Å². The lowest BCUT2D eigenvalue weighted by Crippen LogP contribution is -2.33. The molecule has 0 fully saturated rings. The Morgan fingerprint density at radius 3 is 2.60 bits per heavy atom. The fourth-order valence-corrected chi connectivity index (χ4v) is 2.35. The number of benzene rings is 1. The first-order valence-corrected chi connectivity index (χ1v) is 7.29. The van der Waals surface area contributed by atoms with E-state index < -0.39 is 6.61 Å². The number of halogens is 3. The van der Waals surface area contributed by atoms with Gasteiger partial charge in [0.15, 0.2) is 0 Å². The first kappa shape index (κ1) is 17.3. The number of aliphatic hydroxyl groups excluding tert-OH is 1. The maximum absolute atomic E-state index is 12.3. The lowest BCUT2D eigenvalue weighted by atomic mass is 10.0. The van der Waals surface area contributed by atoms with Gasteiger partial charge in [-0.1, -0.05) is 29.8 Å². The van der Waals surface area contributed by atoms with Crippen LogP contribution >= 0.6 is 15.9 Å². The first-order chi connectivity index (χ1) is 9.42. The van der Waals surface area contributed by atoms with Crippen molar-refractivity contribution in [2.75, 3.05) is 6.61 Å². The molecule has 0 spiro atoms. The molecule has 1 atom stereocenters. The lowest BCUT2D eigenvalue weighted by molar-refractivity contribution is -0.0505. The maximum Gasteiger partial charge on any atom is 0.387 e. The van der Waals surface area contributed by atoms with E-state index in [1.807, 2.05) is 0 Å². The van der Waals surface area contributed by atoms with E-state index >= 15 is 0 Å². The molecule has 0 aromatic heterocycles. The number of nitrogens with one attached hydrogen (secondary N) is 1. The van der Waals surface area contributed by atoms with E-state index in [0.29, 0.717) is 18.0 Å². The molecule has 2 N–H and O–H groups in total. The third kappa shape index (κ3) is 6.15. The number of aliphatic hydroxyl groups is 1. The standard InChI is InChI=1S/C14H20BrF2NO2/c1-9(2)5-12(8-19)18-7-10-6-11(15)3-4-13(10)20-14(16)17/h3-4,6,9,12,14,18-19H,5,7-8H2,1-2H3. The Bertz CT molecular complexity index is 416. The molecule has 0 aliphatic rings. The predicted octanol–water partition coefficient (Wildman–Crippen LogP) is 3.55. The molecule has 6 heteroatoms. The largest absolute Gasteiger partial charge is 0.434 e. The average Bonchev–Trinajstić information content (AvgIpc) is 2.36. The quantitative estimate of drug-likeness (QED) is 0.752. The van der Waals surface area contributed by atoms with Gasteiger partial charge in [-0.05, 0) is 30.5 Å². The van der Waals surface area contributed by atoms with Gasteiger partial charge in [-0.3, -0.25) is 0 Å². The second-order valence-corrected chi connectivity index (χ2v) is 5.94. The molecule has 0 aliphatic heterocycles. The third-order valence-electron chi connectivity index (χ3n) is 2.80. The Morgan fingerprint density at radius 1 is 1.35 bits per heavy atom. The van der Waals surface area contributed by atoms with Gasteiger partial charge in [0.25, 0.3) is 0 Å². The average molecular weight is 352 g/mol. The van der Waals surface area contributed by atoms with Crippen LogP contribution in [0.2, 0.25) is 0 Å². The van der Waals surface area contributed by atoms with Gasteiger partial charge in [-0.25, -0.2) is 0 Å². The number of rotatable bonds is 8. The van der Waals surface area contributed by atoms with Crippen LogP contribution in [0.5, 0.6) is 5.75 Å². The second kappa shape index (κ2) is 8.54. The molecule has 1 rings (SSSR count). The highest BCUT2D eigenvalue weighted by molar-refractivity contribution is 9.10. The van der Waals surface area contributed by atoms with E-state index in [2.05, 4.69) is 39.8 Å². The number of alkyl halides is 2. The lowest BCUT2D eigenvalue weighted by Gasteiger charge is -2.19. The van der Waals surface area contributed by atoms with E-state index in [1.165, 1.54) is 6.07 Å². The topological polar surface area (TPSA) is 41.5 Å². The summed E-state index contributed by atoms with van der Waals surface area (Å²) in [6.07, 6.45) is 0.815. The molecule has 1 unspecified atom stereocenters. The molecule has 20 heavy (non-hydrogen) atoms. The smallest absolute Gasteiger partial charge is 0.387 e. The highest BCUT2D eigenvalue weighted by atomic mass is 79.9. The molecule has 0 saturated carbocycles. The summed E-state index contributed by atoms with van der Waals surface area (Å²) in [5.74, 6) is 0.593. The van der Waals surface area contributed by atoms with E-state index in [1.54, 1.807) is 12.1 Å². The van der Waals surface area contributed by atoms with Gasteiger partial charge in [0.05, 0.1) is 6.61 Å². The second-order valence-electron chi connectivity index (χ2n) is 5.02. The van der Waals surface area contributed by atoms with E-state index in [0.717, 1.165) is 10.9 Å². The van der Waals surface area contributed by atoms with Gasteiger partial charge in [0.2, 0.25) is 0 Å². The normalized spacial score (nSPS) is 13.0. The van der Waals surface area contributed by atoms with Crippen LogP contribution in [-0.2, 0) is 6.54 Å². The summed E-state index contributed by atoms with van der Waals surface area (Å²) in [4.78, 5) is 0. The maximum atomic E-state index is 12.3. The first-order valence-electron chi connectivity index (χ1n) is 6.49. The summed E-state index contributed by atoms with van der Waals surface area (Å²) in [5, 5.41) is 12.5. The molecule has 0 amide bonds. The van der Waals surface area contributed by atoms with Crippen molar-refractivity contribution in [2.45, 2.75) is 39.5 Å². The fourth-order valence-electron chi connectivity index (χ4n) is 1.94. The highest BCUT2D eigenvalue weighted by Gasteiger charge is 2.13. The van der Waals surface area contributed by atoms with Gasteiger partial charge in [0, 0.05) is 22.6 Å². The molecule has 114 valence electrons. The molecule has 0 aliphatic carbocycles. The van der Waals surface area contributed by atoms with Crippen LogP contribution in [0.15, 0.2) is 22.7 Å². The van der Waals surface area contributed by atoms with E-state index in [4.69, 9.17) is 0 Å². The molecule has 1 aromatic carbocycles. The zero-order valence-electron chi connectivity index (χ0n) is 11.6. The summed E-state index contributed by atoms with van der Waals surface area (Å²) >= 11 is 3.31. The molecule has 0 saturated heterocycles. The predicted molar refractivity (Wildman–Crippen MR) is 77.9 cm³/mol. The zero-order valence-corrected chi connectivity index (χ0v) is 13.2. The summed E-state index contributed by atoms with van der Waals surface area (Å²) < 4.78 is 30.0. The summed E-state index contributed by atoms with van der Waals surface area (Å²) in [6.45, 7) is 1.65. The molecule has 1 aromatic rings. The van der Waals surface area contributed by atoms with Gasteiger partial charge in [-0.2, -0.15) is 8.78 Å². The number of hydrogen-bond donors (Lipinski definition) is 2. The minimum atomic E-state index is -2.85. The van der Waals surface area contributed by atoms with Crippen molar-refractivity contribution < 1.29 is 18.6 Å². The van der Waals surface area contributed by atoms with Gasteiger partial charge >= 0.3 is 6.61 Å². The van der Waals surface area contributed by atoms with Crippen LogP contribution in [0.3, 0.4) is 0 Å². The van der Waals surface area contributed by atoms with E-state index in [9.17, 15) is 13.9 Å². The monoisotopic (exact) mass is 351 g/mol. The van der Waals surface area contributed by atoms with Crippen molar-refractivity contribution in [3.63, 3.8) is 0 Å². The Kier molecular flexibility index (Phi) is 7.40. The SMILES string of the molecule is CC(C)CC(CO)NCc1cc(Br)ccc1OC(F)F. The Hall–Kier alpha value is -0.720. The summed E-state index contributed by atoms with van der Waals surface area (Å²) in [7, 11) is 0. The zero-order chi connectivity index (χ0) is 15.1. The molecule has 3 nitrogen and oxygen atoms in total. The Balaban J connectivity index is 2.72. The summed E-state index contributed by atoms with van der Waals surface area (Å²) in [6, 6.07) is 4.82. The van der Waals surface area contributed by atoms with Gasteiger partial charge in [0.1, 0.15) is 5.75 Å². The molecule has 0 radical (unpaired) electrons. The van der Waals surface area contributed by atoms with Crippen LogP contribution in [0.4, 0.5) is 8.78 Å². The van der Waals surface area contributed by atoms with Gasteiger partial charge < -0.3 is 15.2 Å². The minimum Gasteiger partial charge on any atom is -0.434 e. The molecular weight excluding hydrogens is 332 g/mol. The van der Waals surface area contributed by atoms with Crippen LogP contribution < -0.4 is 10.1 Å². The van der Waals surface area contributed by atoms with Crippen LogP contribution in [0.25, 0.3) is 0 Å². The van der Waals surface area contributed by atoms with Crippen LogP contribution in [0, 0.1) is 5.92 Å². The van der Waals surface area contributed by atoms with Crippen molar-refractivity contribution in [3.05, 3.63) is 28.2 Å². The highest BCUT2D eigenvalue weighted by Crippen LogP contribution is 2.25. The van der Waals surface area contributed by atoms with Crippen molar-refractivity contribution in [1.29, 1.82) is 0 Å². The minimum absolute atomic E-state index is 0.0111. The third-order valence-corrected chi connectivity index (χ3v) is 3.29. The Labute approximate surface area is 126 Å². The number of hydrogen-bond acceptors (Lipinski definition) is 3. The van der Waals surface area contributed by atoms with Gasteiger partial charge in [-0.15, -0.1) is 0 Å². The Morgan fingerprint density at radius 2 is 2.05 bits per heavy atom. The van der Waals surface area contributed by atoms with Crippen molar-refractivity contribution >= 4 is 15.9 Å². The van der Waals surface area contributed by atoms with Crippen LogP contribution in [0.1, 0.15) is 25.8 Å². The van der Waals surface area contributed by atoms with Crippen molar-refractivity contribution in [1.82, 2.24) is 5.32 Å². The summed E-state index contributed by atoms with van der Waals surface area (Å²) in [5.41, 5.74) is 0.627. The van der Waals surface area contributed by atoms with E-state index in [-0.39, 0.29) is 18.4 Å². The van der Waals surface area contributed by atoms with Crippen molar-refractivity contribution in [3.8, 4) is 5.75 Å². The fraction of sp³-hybridized carbons (Fsp3) is 0.571. The molecular formula is C14H20BrF2NO2. The number of ether oxygens (including phenoxy) is 1. The molecule has 0 heterocycles. The van der Waals surface area contributed by atoms with Crippen LogP contribution in [-0.4, -0.2) is 24.4 Å².